The molecule has 0 aromatic heterocycles. The third kappa shape index (κ3) is 3.98. The molecule has 4 heteroatoms. The number of halogens is 3. The molecule has 0 heterocycles. The molecule has 0 amide bonds. The van der Waals surface area contributed by atoms with Gasteiger partial charge in [-0.15, -0.1) is 0 Å². The minimum atomic E-state index is -4.24. The predicted octanol–water partition coefficient (Wildman–Crippen LogP) is 4.42. The topological polar surface area (TPSA) is 12.0 Å². The van der Waals surface area contributed by atoms with E-state index in [-0.39, 0.29) is 0 Å². The molecule has 1 aliphatic carbocycles. The Morgan fingerprint density at radius 3 is 2.30 bits per heavy atom. The Balaban J connectivity index is 2.04. The highest BCUT2D eigenvalue weighted by Crippen LogP contribution is 2.30. The average molecular weight is 285 g/mol. The molecule has 0 saturated heterocycles. The van der Waals surface area contributed by atoms with Crippen LogP contribution in [0.15, 0.2) is 24.3 Å². The van der Waals surface area contributed by atoms with Crippen molar-refractivity contribution in [1.82, 2.24) is 5.32 Å². The summed E-state index contributed by atoms with van der Waals surface area (Å²) in [7, 11) is 1.98. The van der Waals surface area contributed by atoms with Crippen LogP contribution in [0.4, 0.5) is 13.2 Å². The molecule has 1 N–H and O–H groups in total. The molecule has 1 aliphatic rings. The van der Waals surface area contributed by atoms with E-state index in [1.165, 1.54) is 37.8 Å². The van der Waals surface area contributed by atoms with Crippen molar-refractivity contribution in [2.45, 2.75) is 50.7 Å². The summed E-state index contributed by atoms with van der Waals surface area (Å²) in [5.74, 6) is 0.527. The Morgan fingerprint density at radius 2 is 1.70 bits per heavy atom. The van der Waals surface area contributed by atoms with Gasteiger partial charge in [-0.25, -0.2) is 0 Å². The first-order valence-corrected chi connectivity index (χ1v) is 7.34. The van der Waals surface area contributed by atoms with Crippen LogP contribution in [0.3, 0.4) is 0 Å². The summed E-state index contributed by atoms with van der Waals surface area (Å²) < 4.78 is 37.6. The van der Waals surface area contributed by atoms with E-state index in [9.17, 15) is 13.2 Å². The highest BCUT2D eigenvalue weighted by atomic mass is 19.4. The maximum Gasteiger partial charge on any atom is 0.416 e. The lowest BCUT2D eigenvalue weighted by Crippen LogP contribution is -2.33. The van der Waals surface area contributed by atoms with Gasteiger partial charge in [-0.3, -0.25) is 0 Å². The highest BCUT2D eigenvalue weighted by molar-refractivity contribution is 5.25. The standard InChI is InChI=1S/C16H22F3N/c1-20-15-6-4-2-3-5-13(15)11-12-7-9-14(10-8-12)16(17,18)19/h7-10,13,15,20H,2-6,11H2,1H3. The second-order valence-electron chi connectivity index (χ2n) is 5.69. The fraction of sp³-hybridized carbons (Fsp3) is 0.625. The lowest BCUT2D eigenvalue weighted by atomic mass is 9.88. The van der Waals surface area contributed by atoms with Gasteiger partial charge in [0, 0.05) is 6.04 Å². The van der Waals surface area contributed by atoms with E-state index in [0.717, 1.165) is 18.4 Å². The van der Waals surface area contributed by atoms with Gasteiger partial charge in [0.1, 0.15) is 0 Å². The van der Waals surface area contributed by atoms with Crippen molar-refractivity contribution in [3.05, 3.63) is 35.4 Å². The molecule has 2 rings (SSSR count). The minimum absolute atomic E-state index is 0.486. The number of alkyl halides is 3. The van der Waals surface area contributed by atoms with Crippen molar-refractivity contribution in [3.8, 4) is 0 Å². The summed E-state index contributed by atoms with van der Waals surface area (Å²) >= 11 is 0. The Kier molecular flexibility index (Phi) is 5.08. The molecule has 1 fully saturated rings. The third-order valence-electron chi connectivity index (χ3n) is 4.31. The minimum Gasteiger partial charge on any atom is -0.317 e. The second kappa shape index (κ2) is 6.61. The second-order valence-corrected chi connectivity index (χ2v) is 5.69. The summed E-state index contributed by atoms with van der Waals surface area (Å²) in [6.07, 6.45) is 2.69. The molecule has 112 valence electrons. The van der Waals surface area contributed by atoms with Gasteiger partial charge in [0.05, 0.1) is 5.56 Å². The summed E-state index contributed by atoms with van der Waals surface area (Å²) in [4.78, 5) is 0. The molecule has 0 spiro atoms. The van der Waals surface area contributed by atoms with Crippen LogP contribution in [0.25, 0.3) is 0 Å². The molecule has 2 unspecified atom stereocenters. The van der Waals surface area contributed by atoms with Gasteiger partial charge in [-0.1, -0.05) is 31.4 Å². The van der Waals surface area contributed by atoms with Crippen molar-refractivity contribution in [3.63, 3.8) is 0 Å². The zero-order chi connectivity index (χ0) is 14.6. The highest BCUT2D eigenvalue weighted by Gasteiger charge is 2.30. The van der Waals surface area contributed by atoms with Crippen molar-refractivity contribution >= 4 is 0 Å². The van der Waals surface area contributed by atoms with E-state index < -0.39 is 11.7 Å². The van der Waals surface area contributed by atoms with Crippen molar-refractivity contribution in [1.29, 1.82) is 0 Å². The first-order valence-electron chi connectivity index (χ1n) is 7.34. The summed E-state index contributed by atoms with van der Waals surface area (Å²) in [5.41, 5.74) is 0.442. The van der Waals surface area contributed by atoms with E-state index in [2.05, 4.69) is 5.32 Å². The summed E-state index contributed by atoms with van der Waals surface area (Å²) in [5, 5.41) is 3.37. The maximum atomic E-state index is 12.5. The first-order chi connectivity index (χ1) is 9.50. The predicted molar refractivity (Wildman–Crippen MR) is 74.6 cm³/mol. The van der Waals surface area contributed by atoms with Crippen LogP contribution in [0, 0.1) is 5.92 Å². The van der Waals surface area contributed by atoms with Gasteiger partial charge >= 0.3 is 6.18 Å². The normalized spacial score (nSPS) is 24.4. The number of nitrogens with one attached hydrogen (secondary N) is 1. The molecule has 1 aromatic carbocycles. The van der Waals surface area contributed by atoms with Crippen LogP contribution in [0.2, 0.25) is 0 Å². The Labute approximate surface area is 118 Å². The van der Waals surface area contributed by atoms with Crippen molar-refractivity contribution < 1.29 is 13.2 Å². The quantitative estimate of drug-likeness (QED) is 0.811. The number of rotatable bonds is 3. The van der Waals surface area contributed by atoms with E-state index in [0.29, 0.717) is 12.0 Å². The first kappa shape index (κ1) is 15.4. The fourth-order valence-corrected chi connectivity index (χ4v) is 3.14. The molecule has 20 heavy (non-hydrogen) atoms. The molecule has 1 aromatic rings. The molecule has 0 radical (unpaired) electrons. The van der Waals surface area contributed by atoms with Gasteiger partial charge in [-0.05, 0) is 49.9 Å². The van der Waals surface area contributed by atoms with E-state index >= 15 is 0 Å². The van der Waals surface area contributed by atoms with Gasteiger partial charge in [0.15, 0.2) is 0 Å². The Bertz CT molecular complexity index is 411. The van der Waals surface area contributed by atoms with E-state index in [1.54, 1.807) is 12.1 Å². The molecule has 2 atom stereocenters. The zero-order valence-electron chi connectivity index (χ0n) is 11.8. The Hall–Kier alpha value is -1.03. The summed E-state index contributed by atoms with van der Waals surface area (Å²) in [6, 6.07) is 6.13. The molecular weight excluding hydrogens is 263 g/mol. The van der Waals surface area contributed by atoms with E-state index in [4.69, 9.17) is 0 Å². The summed E-state index contributed by atoms with van der Waals surface area (Å²) in [6.45, 7) is 0. The van der Waals surface area contributed by atoms with Crippen LogP contribution in [-0.2, 0) is 12.6 Å². The van der Waals surface area contributed by atoms with Crippen molar-refractivity contribution in [2.75, 3.05) is 7.05 Å². The number of benzene rings is 1. The third-order valence-corrected chi connectivity index (χ3v) is 4.31. The Morgan fingerprint density at radius 1 is 1.05 bits per heavy atom. The average Bonchev–Trinajstić information content (AvgIpc) is 2.63. The fourth-order valence-electron chi connectivity index (χ4n) is 3.14. The van der Waals surface area contributed by atoms with Gasteiger partial charge < -0.3 is 5.32 Å². The number of hydrogen-bond acceptors (Lipinski definition) is 1. The van der Waals surface area contributed by atoms with Crippen LogP contribution in [0.5, 0.6) is 0 Å². The lowest BCUT2D eigenvalue weighted by Gasteiger charge is -2.25. The molecule has 0 aliphatic heterocycles. The SMILES string of the molecule is CNC1CCCCCC1Cc1ccc(C(F)(F)F)cc1. The van der Waals surface area contributed by atoms with Crippen LogP contribution in [0.1, 0.15) is 43.2 Å². The molecule has 0 bridgehead atoms. The lowest BCUT2D eigenvalue weighted by molar-refractivity contribution is -0.137. The van der Waals surface area contributed by atoms with Crippen molar-refractivity contribution in [2.24, 2.45) is 5.92 Å². The molecule has 1 saturated carbocycles. The molecular formula is C16H22F3N. The van der Waals surface area contributed by atoms with Gasteiger partial charge in [-0.2, -0.15) is 13.2 Å². The van der Waals surface area contributed by atoms with Gasteiger partial charge in [0.2, 0.25) is 0 Å². The van der Waals surface area contributed by atoms with Crippen LogP contribution in [-0.4, -0.2) is 13.1 Å². The zero-order valence-corrected chi connectivity index (χ0v) is 11.8. The van der Waals surface area contributed by atoms with Crippen LogP contribution < -0.4 is 5.32 Å². The number of hydrogen-bond donors (Lipinski definition) is 1. The largest absolute Gasteiger partial charge is 0.416 e. The molecule has 1 nitrogen and oxygen atoms in total. The maximum absolute atomic E-state index is 12.5. The monoisotopic (exact) mass is 285 g/mol. The van der Waals surface area contributed by atoms with Gasteiger partial charge in [0.25, 0.3) is 0 Å². The van der Waals surface area contributed by atoms with E-state index in [1.807, 2.05) is 7.05 Å². The van der Waals surface area contributed by atoms with Crippen LogP contribution >= 0.6 is 0 Å². The smallest absolute Gasteiger partial charge is 0.317 e.